The maximum atomic E-state index is 11.8. The summed E-state index contributed by atoms with van der Waals surface area (Å²) in [6.07, 6.45) is -0.558. The van der Waals surface area contributed by atoms with Gasteiger partial charge in [-0.05, 0) is 25.5 Å². The Kier molecular flexibility index (Phi) is 8.23. The predicted molar refractivity (Wildman–Crippen MR) is 88.1 cm³/mol. The lowest BCUT2D eigenvalue weighted by Gasteiger charge is -2.18. The molecule has 2 N–H and O–H groups in total. The lowest BCUT2D eigenvalue weighted by molar-refractivity contribution is -0.148. The Hall–Kier alpha value is -2.79. The summed E-state index contributed by atoms with van der Waals surface area (Å²) in [6, 6.07) is 5.70. The molecule has 8 heteroatoms. The first-order chi connectivity index (χ1) is 11.9. The molecular weight excluding hydrogens is 328 g/mol. The van der Waals surface area contributed by atoms with Crippen LogP contribution >= 0.6 is 0 Å². The summed E-state index contributed by atoms with van der Waals surface area (Å²) in [4.78, 5) is 23.3. The van der Waals surface area contributed by atoms with Gasteiger partial charge in [-0.3, -0.25) is 4.79 Å². The van der Waals surface area contributed by atoms with E-state index in [0.717, 1.165) is 0 Å². The Morgan fingerprint density at radius 3 is 2.60 bits per heavy atom. The fourth-order valence-electron chi connectivity index (χ4n) is 2.02. The zero-order chi connectivity index (χ0) is 18.8. The smallest absolute Gasteiger partial charge is 0.331 e. The number of carbonyl (C=O) groups excluding carboxylic acids is 2. The van der Waals surface area contributed by atoms with Gasteiger partial charge in [-0.25, -0.2) is 4.79 Å². The number of methoxy groups -OCH3 is 2. The highest BCUT2D eigenvalue weighted by Crippen LogP contribution is 2.27. The number of aliphatic hydroxyl groups is 1. The van der Waals surface area contributed by atoms with Crippen molar-refractivity contribution in [3.63, 3.8) is 0 Å². The van der Waals surface area contributed by atoms with E-state index in [1.54, 1.807) is 18.2 Å². The van der Waals surface area contributed by atoms with Crippen LogP contribution in [0.3, 0.4) is 0 Å². The standard InChI is InChI=1S/C17H22N2O6/c1-11(20)16(17(22)24-3)19-15(21)5-4-8-25-13-7-6-12(10-18)9-14(13)23-2/h6-7,9,11,16,20H,4-5,8H2,1-3H3,(H,19,21). The van der Waals surface area contributed by atoms with Crippen molar-refractivity contribution < 1.29 is 28.9 Å². The molecule has 8 nitrogen and oxygen atoms in total. The third-order valence-corrected chi connectivity index (χ3v) is 3.35. The molecule has 0 heterocycles. The number of ether oxygens (including phenoxy) is 3. The van der Waals surface area contributed by atoms with Crippen LogP contribution in [-0.4, -0.2) is 50.0 Å². The van der Waals surface area contributed by atoms with Crippen LogP contribution in [-0.2, 0) is 14.3 Å². The van der Waals surface area contributed by atoms with Gasteiger partial charge in [0, 0.05) is 12.5 Å². The molecule has 1 rings (SSSR count). The molecule has 0 aliphatic carbocycles. The van der Waals surface area contributed by atoms with E-state index in [0.29, 0.717) is 23.5 Å². The summed E-state index contributed by atoms with van der Waals surface area (Å²) in [6.45, 7) is 1.63. The molecule has 136 valence electrons. The molecule has 1 aromatic carbocycles. The zero-order valence-corrected chi connectivity index (χ0v) is 14.4. The first kappa shape index (κ1) is 20.3. The van der Waals surface area contributed by atoms with Crippen molar-refractivity contribution >= 4 is 11.9 Å². The first-order valence-electron chi connectivity index (χ1n) is 7.69. The van der Waals surface area contributed by atoms with Gasteiger partial charge in [0.2, 0.25) is 5.91 Å². The summed E-state index contributed by atoms with van der Waals surface area (Å²) in [7, 11) is 2.66. The minimum Gasteiger partial charge on any atom is -0.493 e. The van der Waals surface area contributed by atoms with Gasteiger partial charge in [0.15, 0.2) is 17.5 Å². The quantitative estimate of drug-likeness (QED) is 0.499. The molecule has 0 aromatic heterocycles. The van der Waals surface area contributed by atoms with Crippen LogP contribution in [0.15, 0.2) is 18.2 Å². The fourth-order valence-corrected chi connectivity index (χ4v) is 2.02. The number of benzene rings is 1. The van der Waals surface area contributed by atoms with E-state index in [9.17, 15) is 14.7 Å². The van der Waals surface area contributed by atoms with Crippen LogP contribution in [0.25, 0.3) is 0 Å². The molecule has 1 aromatic rings. The van der Waals surface area contributed by atoms with Crippen molar-refractivity contribution in [2.24, 2.45) is 0 Å². The van der Waals surface area contributed by atoms with Gasteiger partial charge >= 0.3 is 5.97 Å². The maximum absolute atomic E-state index is 11.8. The van der Waals surface area contributed by atoms with Gasteiger partial charge in [-0.15, -0.1) is 0 Å². The zero-order valence-electron chi connectivity index (χ0n) is 14.4. The monoisotopic (exact) mass is 350 g/mol. The third-order valence-electron chi connectivity index (χ3n) is 3.35. The molecule has 2 atom stereocenters. The number of hydrogen-bond donors (Lipinski definition) is 2. The Morgan fingerprint density at radius 1 is 1.32 bits per heavy atom. The van der Waals surface area contributed by atoms with Gasteiger partial charge < -0.3 is 24.6 Å². The number of carbonyl (C=O) groups is 2. The second-order valence-corrected chi connectivity index (χ2v) is 5.24. The molecule has 1 amide bonds. The first-order valence-corrected chi connectivity index (χ1v) is 7.69. The summed E-state index contributed by atoms with van der Waals surface area (Å²) >= 11 is 0. The minimum atomic E-state index is -1.10. The van der Waals surface area contributed by atoms with Gasteiger partial charge in [0.25, 0.3) is 0 Å². The summed E-state index contributed by atoms with van der Waals surface area (Å²) < 4.78 is 15.2. The van der Waals surface area contributed by atoms with Crippen LogP contribution in [0.5, 0.6) is 11.5 Å². The Morgan fingerprint density at radius 2 is 2.04 bits per heavy atom. The van der Waals surface area contributed by atoms with Gasteiger partial charge in [-0.2, -0.15) is 5.26 Å². The van der Waals surface area contributed by atoms with Crippen molar-refractivity contribution in [1.29, 1.82) is 5.26 Å². The second-order valence-electron chi connectivity index (χ2n) is 5.24. The molecular formula is C17H22N2O6. The van der Waals surface area contributed by atoms with Crippen molar-refractivity contribution in [2.45, 2.75) is 31.9 Å². The molecule has 0 bridgehead atoms. The number of nitriles is 1. The van der Waals surface area contributed by atoms with E-state index in [1.807, 2.05) is 6.07 Å². The number of rotatable bonds is 9. The van der Waals surface area contributed by atoms with E-state index in [-0.39, 0.29) is 13.0 Å². The number of aliphatic hydroxyl groups excluding tert-OH is 1. The number of amides is 1. The summed E-state index contributed by atoms with van der Waals surface area (Å²) in [5.41, 5.74) is 0.454. The van der Waals surface area contributed by atoms with E-state index in [2.05, 4.69) is 10.1 Å². The highest BCUT2D eigenvalue weighted by molar-refractivity contribution is 5.84. The van der Waals surface area contributed by atoms with E-state index in [1.165, 1.54) is 21.1 Å². The van der Waals surface area contributed by atoms with Gasteiger partial charge in [0.1, 0.15) is 0 Å². The number of nitrogens with one attached hydrogen (secondary N) is 1. The van der Waals surface area contributed by atoms with E-state index < -0.39 is 24.0 Å². The van der Waals surface area contributed by atoms with Crippen molar-refractivity contribution in [1.82, 2.24) is 5.32 Å². The Balaban J connectivity index is 2.46. The van der Waals surface area contributed by atoms with Crippen LogP contribution in [0.2, 0.25) is 0 Å². The molecule has 0 aliphatic rings. The number of esters is 1. The van der Waals surface area contributed by atoms with Crippen LogP contribution in [0.4, 0.5) is 0 Å². The SMILES string of the molecule is COC(=O)C(NC(=O)CCCOc1ccc(C#N)cc1OC)C(C)O. The average molecular weight is 350 g/mol. The number of nitrogens with zero attached hydrogens (tertiary/aromatic N) is 1. The average Bonchev–Trinajstić information content (AvgIpc) is 2.62. The fraction of sp³-hybridized carbons (Fsp3) is 0.471. The topological polar surface area (TPSA) is 118 Å². The Bertz CT molecular complexity index is 639. The van der Waals surface area contributed by atoms with E-state index in [4.69, 9.17) is 14.7 Å². The molecule has 0 radical (unpaired) electrons. The normalized spacial score (nSPS) is 12.4. The van der Waals surface area contributed by atoms with E-state index >= 15 is 0 Å². The second kappa shape index (κ2) is 10.2. The van der Waals surface area contributed by atoms with Crippen LogP contribution in [0.1, 0.15) is 25.3 Å². The molecule has 0 spiro atoms. The molecule has 0 saturated heterocycles. The molecule has 0 fully saturated rings. The number of hydrogen-bond acceptors (Lipinski definition) is 7. The molecule has 0 saturated carbocycles. The molecule has 0 aliphatic heterocycles. The highest BCUT2D eigenvalue weighted by Gasteiger charge is 2.26. The lowest BCUT2D eigenvalue weighted by Crippen LogP contribution is -2.48. The molecule has 25 heavy (non-hydrogen) atoms. The largest absolute Gasteiger partial charge is 0.493 e. The minimum absolute atomic E-state index is 0.110. The van der Waals surface area contributed by atoms with Crippen LogP contribution < -0.4 is 14.8 Å². The van der Waals surface area contributed by atoms with Gasteiger partial charge in [0.05, 0.1) is 38.6 Å². The summed E-state index contributed by atoms with van der Waals surface area (Å²) in [5.74, 6) is -0.199. The predicted octanol–water partition coefficient (Wildman–Crippen LogP) is 0.764. The van der Waals surface area contributed by atoms with Crippen molar-refractivity contribution in [3.8, 4) is 17.6 Å². The Labute approximate surface area is 146 Å². The maximum Gasteiger partial charge on any atom is 0.331 e. The van der Waals surface area contributed by atoms with Gasteiger partial charge in [-0.1, -0.05) is 0 Å². The third kappa shape index (κ3) is 6.31. The van der Waals surface area contributed by atoms with Crippen molar-refractivity contribution in [2.75, 3.05) is 20.8 Å². The lowest BCUT2D eigenvalue weighted by atomic mass is 10.1. The van der Waals surface area contributed by atoms with Crippen LogP contribution in [0, 0.1) is 11.3 Å². The summed E-state index contributed by atoms with van der Waals surface area (Å²) in [5, 5.41) is 20.8. The molecule has 2 unspecified atom stereocenters. The highest BCUT2D eigenvalue weighted by atomic mass is 16.5. The van der Waals surface area contributed by atoms with Crippen molar-refractivity contribution in [3.05, 3.63) is 23.8 Å².